The first kappa shape index (κ1) is 13.5. The van der Waals surface area contributed by atoms with Crippen molar-refractivity contribution in [2.75, 3.05) is 0 Å². The fourth-order valence-electron chi connectivity index (χ4n) is 1.45. The molecule has 0 aliphatic carbocycles. The van der Waals surface area contributed by atoms with E-state index in [1.54, 1.807) is 23.9 Å². The summed E-state index contributed by atoms with van der Waals surface area (Å²) in [6.07, 6.45) is 0. The maximum absolute atomic E-state index is 8.77. The lowest BCUT2D eigenvalue weighted by Crippen LogP contribution is -1.84. The van der Waals surface area contributed by atoms with Crippen molar-refractivity contribution in [1.29, 1.82) is 5.26 Å². The molecular formula is C14H9BrClNS. The molecule has 0 N–H and O–H groups in total. The Morgan fingerprint density at radius 1 is 1.22 bits per heavy atom. The Labute approximate surface area is 124 Å². The third kappa shape index (κ3) is 3.52. The fourth-order valence-corrected chi connectivity index (χ4v) is 3.29. The van der Waals surface area contributed by atoms with E-state index in [1.165, 1.54) is 4.90 Å². The molecule has 0 atom stereocenters. The smallest absolute Gasteiger partial charge is 0.0992 e. The quantitative estimate of drug-likeness (QED) is 0.712. The minimum atomic E-state index is 0.594. The number of nitriles is 1. The van der Waals surface area contributed by atoms with Crippen molar-refractivity contribution >= 4 is 39.3 Å². The van der Waals surface area contributed by atoms with Crippen LogP contribution in [0.3, 0.4) is 0 Å². The second-order valence-electron chi connectivity index (χ2n) is 3.66. The second-order valence-corrected chi connectivity index (χ2v) is 6.04. The van der Waals surface area contributed by atoms with Gasteiger partial charge < -0.3 is 0 Å². The van der Waals surface area contributed by atoms with E-state index in [0.717, 1.165) is 15.8 Å². The summed E-state index contributed by atoms with van der Waals surface area (Å²) in [6, 6.07) is 15.6. The van der Waals surface area contributed by atoms with Gasteiger partial charge in [0.15, 0.2) is 0 Å². The lowest BCUT2D eigenvalue weighted by atomic mass is 10.2. The first-order valence-corrected chi connectivity index (χ1v) is 7.41. The molecule has 2 rings (SSSR count). The van der Waals surface area contributed by atoms with Crippen LogP contribution in [0.25, 0.3) is 0 Å². The Morgan fingerprint density at radius 3 is 2.72 bits per heavy atom. The van der Waals surface area contributed by atoms with E-state index in [2.05, 4.69) is 34.1 Å². The number of hydrogen-bond acceptors (Lipinski definition) is 2. The van der Waals surface area contributed by atoms with Gasteiger partial charge in [0.1, 0.15) is 0 Å². The molecule has 4 heteroatoms. The van der Waals surface area contributed by atoms with Crippen molar-refractivity contribution in [3.63, 3.8) is 0 Å². The van der Waals surface area contributed by atoms with Crippen LogP contribution in [-0.4, -0.2) is 0 Å². The molecule has 0 radical (unpaired) electrons. The van der Waals surface area contributed by atoms with Gasteiger partial charge in [0.2, 0.25) is 0 Å². The van der Waals surface area contributed by atoms with Gasteiger partial charge >= 0.3 is 0 Å². The lowest BCUT2D eigenvalue weighted by molar-refractivity contribution is 1.36. The maximum atomic E-state index is 8.77. The highest BCUT2D eigenvalue weighted by Crippen LogP contribution is 2.28. The summed E-state index contributed by atoms with van der Waals surface area (Å²) in [4.78, 5) is 1.19. The van der Waals surface area contributed by atoms with Crippen LogP contribution in [0.2, 0.25) is 5.02 Å². The van der Waals surface area contributed by atoms with E-state index in [1.807, 2.05) is 18.2 Å². The zero-order chi connectivity index (χ0) is 13.0. The van der Waals surface area contributed by atoms with Gasteiger partial charge in [-0.1, -0.05) is 39.7 Å². The van der Waals surface area contributed by atoms with Gasteiger partial charge in [-0.25, -0.2) is 0 Å². The van der Waals surface area contributed by atoms with E-state index >= 15 is 0 Å². The predicted molar refractivity (Wildman–Crippen MR) is 79.9 cm³/mol. The molecule has 0 bridgehead atoms. The summed E-state index contributed by atoms with van der Waals surface area (Å²) >= 11 is 11.3. The summed E-state index contributed by atoms with van der Waals surface area (Å²) in [5.41, 5.74) is 1.64. The van der Waals surface area contributed by atoms with Crippen molar-refractivity contribution in [3.8, 4) is 6.07 Å². The molecule has 0 aliphatic heterocycles. The van der Waals surface area contributed by atoms with E-state index in [-0.39, 0.29) is 0 Å². The maximum Gasteiger partial charge on any atom is 0.0992 e. The van der Waals surface area contributed by atoms with Gasteiger partial charge in [-0.05, 0) is 35.9 Å². The van der Waals surface area contributed by atoms with E-state index < -0.39 is 0 Å². The summed E-state index contributed by atoms with van der Waals surface area (Å²) < 4.78 is 1.07. The van der Waals surface area contributed by atoms with Crippen molar-refractivity contribution in [2.45, 2.75) is 10.6 Å². The van der Waals surface area contributed by atoms with Crippen LogP contribution in [0.15, 0.2) is 51.8 Å². The van der Waals surface area contributed by atoms with Crippen molar-refractivity contribution in [2.24, 2.45) is 0 Å². The molecule has 2 aromatic carbocycles. The van der Waals surface area contributed by atoms with Crippen molar-refractivity contribution in [1.82, 2.24) is 0 Å². The highest BCUT2D eigenvalue weighted by Gasteiger charge is 2.03. The zero-order valence-corrected chi connectivity index (χ0v) is 12.5. The molecule has 0 aromatic heterocycles. The monoisotopic (exact) mass is 337 g/mol. The van der Waals surface area contributed by atoms with E-state index in [9.17, 15) is 0 Å². The third-order valence-electron chi connectivity index (χ3n) is 2.37. The molecule has 0 heterocycles. The summed E-state index contributed by atoms with van der Waals surface area (Å²) in [7, 11) is 0. The fraction of sp³-hybridized carbons (Fsp3) is 0.0714. The molecule has 0 aliphatic rings. The first-order chi connectivity index (χ1) is 8.69. The van der Waals surface area contributed by atoms with Crippen LogP contribution >= 0.6 is 39.3 Å². The summed E-state index contributed by atoms with van der Waals surface area (Å²) in [5, 5.41) is 9.42. The Bertz CT molecular complexity index is 607. The van der Waals surface area contributed by atoms with Crippen molar-refractivity contribution < 1.29 is 0 Å². The molecule has 0 spiro atoms. The van der Waals surface area contributed by atoms with Crippen LogP contribution in [0.4, 0.5) is 0 Å². The molecule has 0 amide bonds. The van der Waals surface area contributed by atoms with Crippen LogP contribution < -0.4 is 0 Å². The Hall–Kier alpha value is -0.950. The number of thioether (sulfide) groups is 1. The van der Waals surface area contributed by atoms with Crippen LogP contribution in [-0.2, 0) is 5.75 Å². The third-order valence-corrected chi connectivity index (χ3v) is 4.26. The SMILES string of the molecule is N#Cc1ccc(CSc2cccc(Br)c2)c(Cl)c1. The number of rotatable bonds is 3. The number of hydrogen-bond donors (Lipinski definition) is 0. The second kappa shape index (κ2) is 6.29. The highest BCUT2D eigenvalue weighted by molar-refractivity contribution is 9.10. The van der Waals surface area contributed by atoms with E-state index in [4.69, 9.17) is 16.9 Å². The predicted octanol–water partition coefficient (Wildman–Crippen LogP) is 5.27. The molecule has 0 saturated heterocycles. The van der Waals surface area contributed by atoms with Gasteiger partial charge in [-0.15, -0.1) is 11.8 Å². The van der Waals surface area contributed by atoms with Crippen LogP contribution in [0.5, 0.6) is 0 Å². The van der Waals surface area contributed by atoms with Crippen molar-refractivity contribution in [3.05, 3.63) is 63.1 Å². The van der Waals surface area contributed by atoms with Gasteiger partial charge in [-0.2, -0.15) is 5.26 Å². The standard InChI is InChI=1S/C14H9BrClNS/c15-12-2-1-3-13(7-12)18-9-11-5-4-10(8-17)6-14(11)16/h1-7H,9H2. The molecule has 1 nitrogen and oxygen atoms in total. The Kier molecular flexibility index (Phi) is 4.71. The van der Waals surface area contributed by atoms with Crippen LogP contribution in [0, 0.1) is 11.3 Å². The minimum Gasteiger partial charge on any atom is -0.192 e. The molecule has 18 heavy (non-hydrogen) atoms. The average molecular weight is 339 g/mol. The largest absolute Gasteiger partial charge is 0.192 e. The number of benzene rings is 2. The summed E-state index contributed by atoms with van der Waals surface area (Å²) in [5.74, 6) is 0.793. The average Bonchev–Trinajstić information content (AvgIpc) is 2.37. The molecule has 90 valence electrons. The molecule has 0 unspecified atom stereocenters. The zero-order valence-electron chi connectivity index (χ0n) is 9.36. The lowest BCUT2D eigenvalue weighted by Gasteiger charge is -2.05. The Morgan fingerprint density at radius 2 is 2.06 bits per heavy atom. The van der Waals surface area contributed by atoms with Gasteiger partial charge in [0.05, 0.1) is 11.6 Å². The van der Waals surface area contributed by atoms with Crippen LogP contribution in [0.1, 0.15) is 11.1 Å². The van der Waals surface area contributed by atoms with E-state index in [0.29, 0.717) is 10.6 Å². The molecule has 0 fully saturated rings. The molecule has 0 saturated carbocycles. The number of halogens is 2. The normalized spacial score (nSPS) is 10.1. The highest BCUT2D eigenvalue weighted by atomic mass is 79.9. The summed E-state index contributed by atoms with van der Waals surface area (Å²) in [6.45, 7) is 0. The first-order valence-electron chi connectivity index (χ1n) is 5.26. The van der Waals surface area contributed by atoms with Gasteiger partial charge in [0, 0.05) is 20.1 Å². The molecule has 2 aromatic rings. The topological polar surface area (TPSA) is 23.8 Å². The Balaban J connectivity index is 2.09. The number of nitrogens with zero attached hydrogens (tertiary/aromatic N) is 1. The molecular weight excluding hydrogens is 330 g/mol. The van der Waals surface area contributed by atoms with Gasteiger partial charge in [-0.3, -0.25) is 0 Å². The van der Waals surface area contributed by atoms with Gasteiger partial charge in [0.25, 0.3) is 0 Å². The minimum absolute atomic E-state index is 0.594.